The summed E-state index contributed by atoms with van der Waals surface area (Å²) in [5.41, 5.74) is 1.56. The molecule has 0 radical (unpaired) electrons. The number of nitrogens with zero attached hydrogens (tertiary/aromatic N) is 3. The third-order valence-corrected chi connectivity index (χ3v) is 5.20. The van der Waals surface area contributed by atoms with Crippen LogP contribution in [0.2, 0.25) is 0 Å². The summed E-state index contributed by atoms with van der Waals surface area (Å²) in [7, 11) is 7.28. The Morgan fingerprint density at radius 3 is 2.69 bits per heavy atom. The van der Waals surface area contributed by atoms with E-state index in [1.54, 1.807) is 32.4 Å². The van der Waals surface area contributed by atoms with Crippen molar-refractivity contribution < 1.29 is 14.3 Å². The number of rotatable bonds is 8. The van der Waals surface area contributed by atoms with Crippen LogP contribution in [0, 0.1) is 5.92 Å². The summed E-state index contributed by atoms with van der Waals surface area (Å²) in [4.78, 5) is 22.0. The van der Waals surface area contributed by atoms with Crippen LogP contribution in [0.5, 0.6) is 11.5 Å². The maximum absolute atomic E-state index is 13.0. The van der Waals surface area contributed by atoms with Gasteiger partial charge in [0.2, 0.25) is 0 Å². The number of ether oxygens (including phenoxy) is 2. The van der Waals surface area contributed by atoms with Gasteiger partial charge in [0.05, 0.1) is 25.5 Å². The number of nitrogens with one attached hydrogen (secondary N) is 1. The highest BCUT2D eigenvalue weighted by molar-refractivity contribution is 5.97. The van der Waals surface area contributed by atoms with Crippen LogP contribution in [0.1, 0.15) is 16.1 Å². The first-order valence-electron chi connectivity index (χ1n) is 9.80. The lowest BCUT2D eigenvalue weighted by molar-refractivity contribution is 0.0923. The van der Waals surface area contributed by atoms with E-state index in [4.69, 9.17) is 9.47 Å². The molecule has 156 valence electrons. The first kappa shape index (κ1) is 21.1. The fraction of sp³-hybridized carbons (Fsp3) is 0.455. The summed E-state index contributed by atoms with van der Waals surface area (Å²) >= 11 is 0. The lowest BCUT2D eigenvalue weighted by Gasteiger charge is -2.23. The molecule has 1 amide bonds. The molecule has 1 aromatic carbocycles. The Morgan fingerprint density at radius 1 is 1.21 bits per heavy atom. The third kappa shape index (κ3) is 5.46. The number of carbonyl (C=O) groups excluding carboxylic acids is 1. The minimum Gasteiger partial charge on any atom is -0.497 e. The molecule has 1 saturated heterocycles. The number of carbonyl (C=O) groups is 1. The van der Waals surface area contributed by atoms with E-state index < -0.39 is 0 Å². The van der Waals surface area contributed by atoms with Gasteiger partial charge in [-0.3, -0.25) is 14.7 Å². The van der Waals surface area contributed by atoms with Gasteiger partial charge in [-0.15, -0.1) is 0 Å². The van der Waals surface area contributed by atoms with E-state index in [0.29, 0.717) is 23.0 Å². The van der Waals surface area contributed by atoms with Gasteiger partial charge in [-0.05, 0) is 38.4 Å². The van der Waals surface area contributed by atoms with Gasteiger partial charge in [0.1, 0.15) is 11.5 Å². The minimum absolute atomic E-state index is 0.0559. The van der Waals surface area contributed by atoms with Crippen LogP contribution in [-0.2, 0) is 6.54 Å². The van der Waals surface area contributed by atoms with E-state index in [9.17, 15) is 4.79 Å². The van der Waals surface area contributed by atoms with Crippen molar-refractivity contribution in [1.82, 2.24) is 20.1 Å². The molecule has 0 saturated carbocycles. The maximum atomic E-state index is 13.0. The van der Waals surface area contributed by atoms with Gasteiger partial charge in [-0.1, -0.05) is 6.07 Å². The van der Waals surface area contributed by atoms with Gasteiger partial charge in [0, 0.05) is 50.4 Å². The molecule has 1 aliphatic rings. The SMILES string of the molecule is COc1ccc(C(=O)N[C@@H]2CN(Cc3ccccn3)C[C@H]2CN(C)C)c(OC)c1. The normalized spacial score (nSPS) is 19.3. The summed E-state index contributed by atoms with van der Waals surface area (Å²) in [6.45, 7) is 3.39. The lowest BCUT2D eigenvalue weighted by Crippen LogP contribution is -2.43. The zero-order valence-electron chi connectivity index (χ0n) is 17.6. The Labute approximate surface area is 172 Å². The van der Waals surface area contributed by atoms with Crippen LogP contribution in [0.4, 0.5) is 0 Å². The highest BCUT2D eigenvalue weighted by Crippen LogP contribution is 2.26. The molecule has 0 unspecified atom stereocenters. The molecule has 0 bridgehead atoms. The maximum Gasteiger partial charge on any atom is 0.255 e. The van der Waals surface area contributed by atoms with Crippen LogP contribution >= 0.6 is 0 Å². The van der Waals surface area contributed by atoms with Gasteiger partial charge < -0.3 is 19.7 Å². The highest BCUT2D eigenvalue weighted by Gasteiger charge is 2.34. The molecule has 0 aliphatic carbocycles. The Balaban J connectivity index is 1.72. The Bertz CT molecular complexity index is 813. The van der Waals surface area contributed by atoms with E-state index in [1.807, 2.05) is 24.4 Å². The topological polar surface area (TPSA) is 66.9 Å². The fourth-order valence-electron chi connectivity index (χ4n) is 3.86. The minimum atomic E-state index is -0.127. The predicted octanol–water partition coefficient (Wildman–Crippen LogP) is 1.89. The molecule has 1 N–H and O–H groups in total. The monoisotopic (exact) mass is 398 g/mol. The van der Waals surface area contributed by atoms with Crippen molar-refractivity contribution >= 4 is 5.91 Å². The number of likely N-dealkylation sites (tertiary alicyclic amines) is 1. The summed E-state index contributed by atoms with van der Waals surface area (Å²) in [5.74, 6) is 1.38. The third-order valence-electron chi connectivity index (χ3n) is 5.20. The Morgan fingerprint density at radius 2 is 2.03 bits per heavy atom. The van der Waals surface area contributed by atoms with Crippen molar-refractivity contribution in [2.24, 2.45) is 5.92 Å². The summed E-state index contributed by atoms with van der Waals surface area (Å²) in [6, 6.07) is 11.3. The molecule has 1 aliphatic heterocycles. The molecule has 0 spiro atoms. The summed E-state index contributed by atoms with van der Waals surface area (Å²) in [6.07, 6.45) is 1.82. The van der Waals surface area contributed by atoms with Gasteiger partial charge in [0.25, 0.3) is 5.91 Å². The van der Waals surface area contributed by atoms with Crippen LogP contribution in [0.25, 0.3) is 0 Å². The van der Waals surface area contributed by atoms with Gasteiger partial charge in [-0.2, -0.15) is 0 Å². The second-order valence-electron chi connectivity index (χ2n) is 7.68. The standard InChI is InChI=1S/C22H30N4O3/c1-25(2)12-16-13-26(14-17-7-5-6-10-23-17)15-20(16)24-22(27)19-9-8-18(28-3)11-21(19)29-4/h5-11,16,20H,12-15H2,1-4H3,(H,24,27)/t16-,20-/m1/s1. The van der Waals surface area contributed by atoms with Crippen molar-refractivity contribution in [3.63, 3.8) is 0 Å². The number of methoxy groups -OCH3 is 2. The number of amides is 1. The van der Waals surface area contributed by atoms with Crippen LogP contribution in [0.3, 0.4) is 0 Å². The van der Waals surface area contributed by atoms with Crippen molar-refractivity contribution in [1.29, 1.82) is 0 Å². The van der Waals surface area contributed by atoms with Crippen LogP contribution in [0.15, 0.2) is 42.6 Å². The van der Waals surface area contributed by atoms with Gasteiger partial charge >= 0.3 is 0 Å². The van der Waals surface area contributed by atoms with Gasteiger partial charge in [0.15, 0.2) is 0 Å². The van der Waals surface area contributed by atoms with Crippen molar-refractivity contribution in [3.8, 4) is 11.5 Å². The summed E-state index contributed by atoms with van der Waals surface area (Å²) < 4.78 is 10.6. The quantitative estimate of drug-likeness (QED) is 0.733. The van der Waals surface area contributed by atoms with Crippen LogP contribution < -0.4 is 14.8 Å². The molecule has 2 aromatic rings. The fourth-order valence-corrected chi connectivity index (χ4v) is 3.86. The Hall–Kier alpha value is -2.64. The molecule has 1 fully saturated rings. The first-order valence-corrected chi connectivity index (χ1v) is 9.80. The van der Waals surface area contributed by atoms with E-state index in [2.05, 4.69) is 34.2 Å². The lowest BCUT2D eigenvalue weighted by atomic mass is 10.0. The van der Waals surface area contributed by atoms with E-state index in [-0.39, 0.29) is 11.9 Å². The van der Waals surface area contributed by atoms with Crippen molar-refractivity contribution in [3.05, 3.63) is 53.9 Å². The predicted molar refractivity (Wildman–Crippen MR) is 112 cm³/mol. The van der Waals surface area contributed by atoms with E-state index >= 15 is 0 Å². The van der Waals surface area contributed by atoms with Crippen LogP contribution in [-0.4, -0.2) is 74.7 Å². The molecular weight excluding hydrogens is 368 g/mol. The second-order valence-corrected chi connectivity index (χ2v) is 7.68. The first-order chi connectivity index (χ1) is 14.0. The van der Waals surface area contributed by atoms with E-state index in [1.165, 1.54) is 0 Å². The molecule has 3 rings (SSSR count). The molecular formula is C22H30N4O3. The number of hydrogen-bond acceptors (Lipinski definition) is 6. The molecule has 7 nitrogen and oxygen atoms in total. The molecule has 7 heteroatoms. The van der Waals surface area contributed by atoms with Crippen molar-refractivity contribution in [2.45, 2.75) is 12.6 Å². The number of benzene rings is 1. The number of hydrogen-bond donors (Lipinski definition) is 1. The highest BCUT2D eigenvalue weighted by atomic mass is 16.5. The molecule has 2 heterocycles. The zero-order valence-corrected chi connectivity index (χ0v) is 17.6. The number of aromatic nitrogens is 1. The number of pyridine rings is 1. The second kappa shape index (κ2) is 9.71. The van der Waals surface area contributed by atoms with Gasteiger partial charge in [-0.25, -0.2) is 0 Å². The molecule has 1 aromatic heterocycles. The molecule has 2 atom stereocenters. The largest absolute Gasteiger partial charge is 0.497 e. The van der Waals surface area contributed by atoms with E-state index in [0.717, 1.165) is 31.9 Å². The molecule has 29 heavy (non-hydrogen) atoms. The summed E-state index contributed by atoms with van der Waals surface area (Å²) in [5, 5.41) is 3.23. The average Bonchev–Trinajstić information content (AvgIpc) is 3.07. The average molecular weight is 399 g/mol. The zero-order chi connectivity index (χ0) is 20.8. The Kier molecular flexibility index (Phi) is 7.06. The van der Waals surface area contributed by atoms with Crippen molar-refractivity contribution in [2.75, 3.05) is 47.9 Å². The smallest absolute Gasteiger partial charge is 0.255 e.